The highest BCUT2D eigenvalue weighted by atomic mass is 35.5. The van der Waals surface area contributed by atoms with Gasteiger partial charge in [-0.1, -0.05) is 11.6 Å². The summed E-state index contributed by atoms with van der Waals surface area (Å²) in [4.78, 5) is 4.66. The standard InChI is InChI=1S/C12H13ClN2S/c1-7-5-8(13)11-10(6-7)16-12(15-11)9-3-2-4-14-9/h5-6,9,14H,2-4H2,1H3. The summed E-state index contributed by atoms with van der Waals surface area (Å²) >= 11 is 7.97. The van der Waals surface area contributed by atoms with E-state index in [-0.39, 0.29) is 0 Å². The number of rotatable bonds is 1. The minimum atomic E-state index is 0.439. The molecule has 16 heavy (non-hydrogen) atoms. The van der Waals surface area contributed by atoms with Crippen molar-refractivity contribution in [1.82, 2.24) is 10.3 Å². The van der Waals surface area contributed by atoms with Crippen LogP contribution in [-0.2, 0) is 0 Å². The van der Waals surface area contributed by atoms with Crippen LogP contribution in [0.5, 0.6) is 0 Å². The Morgan fingerprint density at radius 3 is 3.12 bits per heavy atom. The zero-order valence-corrected chi connectivity index (χ0v) is 10.7. The Morgan fingerprint density at radius 2 is 2.38 bits per heavy atom. The number of thiazole rings is 1. The molecule has 1 aromatic heterocycles. The molecule has 0 amide bonds. The van der Waals surface area contributed by atoms with E-state index in [1.165, 1.54) is 28.1 Å². The van der Waals surface area contributed by atoms with E-state index in [4.69, 9.17) is 11.6 Å². The molecule has 2 heterocycles. The summed E-state index contributed by atoms with van der Waals surface area (Å²) in [7, 11) is 0. The summed E-state index contributed by atoms with van der Waals surface area (Å²) in [6, 6.07) is 4.58. The van der Waals surface area contributed by atoms with E-state index < -0.39 is 0 Å². The topological polar surface area (TPSA) is 24.9 Å². The summed E-state index contributed by atoms with van der Waals surface area (Å²) in [5, 5.41) is 5.43. The molecule has 0 radical (unpaired) electrons. The minimum Gasteiger partial charge on any atom is -0.308 e. The van der Waals surface area contributed by atoms with Crippen molar-refractivity contribution in [3.05, 3.63) is 27.7 Å². The molecule has 0 spiro atoms. The highest BCUT2D eigenvalue weighted by Crippen LogP contribution is 2.34. The lowest BCUT2D eigenvalue weighted by molar-refractivity contribution is 0.644. The molecular weight excluding hydrogens is 240 g/mol. The van der Waals surface area contributed by atoms with Crippen molar-refractivity contribution < 1.29 is 0 Å². The predicted octanol–water partition coefficient (Wildman–Crippen LogP) is 3.68. The van der Waals surface area contributed by atoms with Crippen LogP contribution in [0.25, 0.3) is 10.2 Å². The molecule has 4 heteroatoms. The number of hydrogen-bond donors (Lipinski definition) is 1. The summed E-state index contributed by atoms with van der Waals surface area (Å²) < 4.78 is 1.20. The molecule has 1 aliphatic rings. The average Bonchev–Trinajstić information content (AvgIpc) is 2.82. The highest BCUT2D eigenvalue weighted by molar-refractivity contribution is 7.18. The fourth-order valence-corrected chi connectivity index (χ4v) is 3.75. The van der Waals surface area contributed by atoms with Crippen LogP contribution >= 0.6 is 22.9 Å². The molecule has 0 saturated carbocycles. The van der Waals surface area contributed by atoms with Gasteiger partial charge in [-0.15, -0.1) is 11.3 Å². The van der Waals surface area contributed by atoms with Gasteiger partial charge in [0.15, 0.2) is 0 Å². The van der Waals surface area contributed by atoms with E-state index in [9.17, 15) is 0 Å². The molecule has 1 N–H and O–H groups in total. The first-order valence-corrected chi connectivity index (χ1v) is 6.73. The normalized spacial score (nSPS) is 20.8. The largest absolute Gasteiger partial charge is 0.308 e. The first kappa shape index (κ1) is 10.5. The van der Waals surface area contributed by atoms with Crippen LogP contribution < -0.4 is 5.32 Å². The minimum absolute atomic E-state index is 0.439. The van der Waals surface area contributed by atoms with E-state index in [1.807, 2.05) is 6.07 Å². The van der Waals surface area contributed by atoms with E-state index in [1.54, 1.807) is 11.3 Å². The van der Waals surface area contributed by atoms with Gasteiger partial charge in [-0.3, -0.25) is 0 Å². The summed E-state index contributed by atoms with van der Waals surface area (Å²) in [6.07, 6.45) is 2.43. The number of aryl methyl sites for hydroxylation is 1. The van der Waals surface area contributed by atoms with Crippen molar-refractivity contribution in [3.63, 3.8) is 0 Å². The SMILES string of the molecule is Cc1cc(Cl)c2nc(C3CCCN3)sc2c1. The number of nitrogens with one attached hydrogen (secondary N) is 1. The van der Waals surface area contributed by atoms with E-state index in [2.05, 4.69) is 23.3 Å². The fourth-order valence-electron chi connectivity index (χ4n) is 2.18. The molecule has 0 aliphatic carbocycles. The Morgan fingerprint density at radius 1 is 1.50 bits per heavy atom. The average molecular weight is 253 g/mol. The van der Waals surface area contributed by atoms with Gasteiger partial charge in [0.1, 0.15) is 10.5 Å². The molecule has 1 saturated heterocycles. The highest BCUT2D eigenvalue weighted by Gasteiger charge is 2.20. The van der Waals surface area contributed by atoms with Crippen LogP contribution in [0.15, 0.2) is 12.1 Å². The van der Waals surface area contributed by atoms with Crippen molar-refractivity contribution >= 4 is 33.2 Å². The maximum atomic E-state index is 6.21. The molecule has 1 fully saturated rings. The molecule has 2 aromatic rings. The van der Waals surface area contributed by atoms with E-state index >= 15 is 0 Å². The first-order valence-electron chi connectivity index (χ1n) is 5.54. The second kappa shape index (κ2) is 3.99. The number of hydrogen-bond acceptors (Lipinski definition) is 3. The van der Waals surface area contributed by atoms with Gasteiger partial charge in [0.25, 0.3) is 0 Å². The zero-order valence-electron chi connectivity index (χ0n) is 9.09. The Labute approximate surface area is 104 Å². The summed E-state index contributed by atoms with van der Waals surface area (Å²) in [6.45, 7) is 3.17. The molecule has 1 aliphatic heterocycles. The third-order valence-corrected chi connectivity index (χ3v) is 4.37. The maximum absolute atomic E-state index is 6.21. The van der Waals surface area contributed by atoms with Crippen molar-refractivity contribution in [2.45, 2.75) is 25.8 Å². The smallest absolute Gasteiger partial charge is 0.111 e. The predicted molar refractivity (Wildman–Crippen MR) is 69.3 cm³/mol. The number of fused-ring (bicyclic) bond motifs is 1. The molecule has 1 aromatic carbocycles. The van der Waals surface area contributed by atoms with Gasteiger partial charge in [-0.05, 0) is 44.0 Å². The van der Waals surface area contributed by atoms with Gasteiger partial charge in [0, 0.05) is 0 Å². The molecule has 3 rings (SSSR count). The van der Waals surface area contributed by atoms with Crippen molar-refractivity contribution in [2.75, 3.05) is 6.54 Å². The summed E-state index contributed by atoms with van der Waals surface area (Å²) in [5.41, 5.74) is 2.16. The summed E-state index contributed by atoms with van der Waals surface area (Å²) in [5.74, 6) is 0. The Hall–Kier alpha value is -0.640. The quantitative estimate of drug-likeness (QED) is 0.838. The van der Waals surface area contributed by atoms with Gasteiger partial charge in [0.2, 0.25) is 0 Å². The van der Waals surface area contributed by atoms with Gasteiger partial charge in [0.05, 0.1) is 15.8 Å². The lowest BCUT2D eigenvalue weighted by Crippen LogP contribution is -2.12. The molecule has 84 valence electrons. The van der Waals surface area contributed by atoms with Gasteiger partial charge >= 0.3 is 0 Å². The second-order valence-electron chi connectivity index (χ2n) is 4.29. The van der Waals surface area contributed by atoms with Crippen LogP contribution in [-0.4, -0.2) is 11.5 Å². The van der Waals surface area contributed by atoms with Crippen LogP contribution in [0.3, 0.4) is 0 Å². The molecule has 2 nitrogen and oxygen atoms in total. The number of benzene rings is 1. The Kier molecular flexibility index (Phi) is 2.62. The molecule has 1 unspecified atom stereocenters. The van der Waals surface area contributed by atoms with Gasteiger partial charge < -0.3 is 5.32 Å². The number of nitrogens with zero attached hydrogens (tertiary/aromatic N) is 1. The van der Waals surface area contributed by atoms with Crippen LogP contribution in [0.2, 0.25) is 5.02 Å². The fraction of sp³-hybridized carbons (Fsp3) is 0.417. The second-order valence-corrected chi connectivity index (χ2v) is 5.76. The first-order chi connectivity index (χ1) is 7.74. The third kappa shape index (κ3) is 1.73. The van der Waals surface area contributed by atoms with Gasteiger partial charge in [-0.2, -0.15) is 0 Å². The van der Waals surface area contributed by atoms with Crippen LogP contribution in [0.1, 0.15) is 29.5 Å². The molecular formula is C12H13ClN2S. The van der Waals surface area contributed by atoms with Crippen molar-refractivity contribution in [2.24, 2.45) is 0 Å². The third-order valence-electron chi connectivity index (χ3n) is 2.97. The van der Waals surface area contributed by atoms with Crippen LogP contribution in [0.4, 0.5) is 0 Å². The molecule has 1 atom stereocenters. The lowest BCUT2D eigenvalue weighted by Gasteiger charge is -2.03. The van der Waals surface area contributed by atoms with E-state index in [0.717, 1.165) is 17.1 Å². The number of aromatic nitrogens is 1. The van der Waals surface area contributed by atoms with Crippen molar-refractivity contribution in [1.29, 1.82) is 0 Å². The Bertz CT molecular complexity index is 529. The lowest BCUT2D eigenvalue weighted by atomic mass is 10.2. The molecule has 0 bridgehead atoms. The Balaban J connectivity index is 2.11. The van der Waals surface area contributed by atoms with E-state index in [0.29, 0.717) is 6.04 Å². The number of halogens is 1. The van der Waals surface area contributed by atoms with Crippen molar-refractivity contribution in [3.8, 4) is 0 Å². The maximum Gasteiger partial charge on any atom is 0.111 e. The monoisotopic (exact) mass is 252 g/mol. The van der Waals surface area contributed by atoms with Gasteiger partial charge in [-0.25, -0.2) is 4.98 Å². The van der Waals surface area contributed by atoms with Crippen LogP contribution in [0, 0.1) is 6.92 Å². The zero-order chi connectivity index (χ0) is 11.1.